The minimum Gasteiger partial charge on any atom is -0.497 e. The van der Waals surface area contributed by atoms with Crippen LogP contribution in [0.25, 0.3) is 0 Å². The number of rotatable bonds is 5. The Morgan fingerprint density at radius 2 is 1.85 bits per heavy atom. The van der Waals surface area contributed by atoms with Crippen LogP contribution < -0.4 is 10.1 Å². The van der Waals surface area contributed by atoms with Crippen molar-refractivity contribution in [3.05, 3.63) is 29.8 Å². The quantitative estimate of drug-likeness (QED) is 0.600. The molecule has 0 saturated carbocycles. The number of ether oxygens (including phenoxy) is 2. The number of methoxy groups -OCH3 is 1. The summed E-state index contributed by atoms with van der Waals surface area (Å²) >= 11 is 0. The number of esters is 1. The highest BCUT2D eigenvalue weighted by Crippen LogP contribution is 2.44. The van der Waals surface area contributed by atoms with Crippen molar-refractivity contribution < 1.29 is 29.2 Å². The van der Waals surface area contributed by atoms with Crippen molar-refractivity contribution in [1.82, 2.24) is 4.90 Å². The molecule has 0 bridgehead atoms. The SMILES string of the molecule is CCOC(=O)[C@]1(C)[NH2+][C@@H](c2ccc(OC)cc2)[C@H]2C(=O)N(CC)C(=O)[C@H]21. The zero-order valence-corrected chi connectivity index (χ0v) is 15.5. The third-order valence-electron chi connectivity index (χ3n) is 5.53. The van der Waals surface area contributed by atoms with Gasteiger partial charge in [0.15, 0.2) is 0 Å². The summed E-state index contributed by atoms with van der Waals surface area (Å²) in [5.41, 5.74) is -0.241. The van der Waals surface area contributed by atoms with Crippen LogP contribution in [0, 0.1) is 11.8 Å². The first-order chi connectivity index (χ1) is 12.4. The predicted octanol–water partition coefficient (Wildman–Crippen LogP) is 0.256. The van der Waals surface area contributed by atoms with Crippen molar-refractivity contribution in [2.24, 2.45) is 11.8 Å². The molecule has 0 aromatic heterocycles. The maximum atomic E-state index is 12.9. The lowest BCUT2D eigenvalue weighted by molar-refractivity contribution is -0.731. The van der Waals surface area contributed by atoms with Gasteiger partial charge in [0.2, 0.25) is 17.4 Å². The number of imide groups is 1. The number of benzene rings is 1. The minimum absolute atomic E-state index is 0.215. The molecule has 7 heteroatoms. The van der Waals surface area contributed by atoms with Crippen molar-refractivity contribution in [2.45, 2.75) is 32.4 Å². The van der Waals surface area contributed by atoms with E-state index in [0.717, 1.165) is 5.56 Å². The van der Waals surface area contributed by atoms with E-state index < -0.39 is 23.3 Å². The zero-order valence-electron chi connectivity index (χ0n) is 15.5. The summed E-state index contributed by atoms with van der Waals surface area (Å²) in [5, 5.41) is 1.82. The molecule has 2 aliphatic heterocycles. The summed E-state index contributed by atoms with van der Waals surface area (Å²) in [6, 6.07) is 7.06. The Bertz CT molecular complexity index is 732. The second kappa shape index (κ2) is 6.72. The molecule has 26 heavy (non-hydrogen) atoms. The van der Waals surface area contributed by atoms with E-state index in [0.29, 0.717) is 12.3 Å². The first kappa shape index (κ1) is 18.4. The van der Waals surface area contributed by atoms with Gasteiger partial charge >= 0.3 is 5.97 Å². The zero-order chi connectivity index (χ0) is 19.1. The maximum absolute atomic E-state index is 12.9. The van der Waals surface area contributed by atoms with Crippen molar-refractivity contribution in [3.8, 4) is 5.75 Å². The first-order valence-corrected chi connectivity index (χ1v) is 8.91. The molecular weight excluding hydrogens is 336 g/mol. The van der Waals surface area contributed by atoms with E-state index >= 15 is 0 Å². The second-order valence-electron chi connectivity index (χ2n) is 6.89. The largest absolute Gasteiger partial charge is 0.497 e. The third-order valence-corrected chi connectivity index (χ3v) is 5.53. The predicted molar refractivity (Wildman–Crippen MR) is 92.1 cm³/mol. The maximum Gasteiger partial charge on any atom is 0.368 e. The molecule has 0 spiro atoms. The Morgan fingerprint density at radius 1 is 1.19 bits per heavy atom. The van der Waals surface area contributed by atoms with Gasteiger partial charge in [-0.25, -0.2) is 4.79 Å². The molecule has 3 rings (SSSR count). The summed E-state index contributed by atoms with van der Waals surface area (Å²) in [4.78, 5) is 39.7. The number of nitrogens with two attached hydrogens (primary N) is 1. The van der Waals surface area contributed by atoms with Crippen LogP contribution in [0.2, 0.25) is 0 Å². The Morgan fingerprint density at radius 3 is 2.38 bits per heavy atom. The summed E-state index contributed by atoms with van der Waals surface area (Å²) in [7, 11) is 1.59. The minimum atomic E-state index is -1.12. The van der Waals surface area contributed by atoms with Crippen LogP contribution in [0.1, 0.15) is 32.4 Å². The number of fused-ring (bicyclic) bond motifs is 1. The molecule has 1 aromatic rings. The third kappa shape index (κ3) is 2.58. The Labute approximate surface area is 152 Å². The van der Waals surface area contributed by atoms with Gasteiger partial charge in [-0.1, -0.05) is 0 Å². The first-order valence-electron chi connectivity index (χ1n) is 8.91. The average Bonchev–Trinajstić information content (AvgIpc) is 3.09. The van der Waals surface area contributed by atoms with E-state index in [1.807, 2.05) is 29.6 Å². The molecule has 0 radical (unpaired) electrons. The van der Waals surface area contributed by atoms with Gasteiger partial charge in [0, 0.05) is 19.0 Å². The molecule has 2 aliphatic rings. The highest BCUT2D eigenvalue weighted by atomic mass is 16.5. The van der Waals surface area contributed by atoms with E-state index in [1.54, 1.807) is 27.9 Å². The van der Waals surface area contributed by atoms with E-state index in [9.17, 15) is 14.4 Å². The highest BCUT2D eigenvalue weighted by Gasteiger charge is 2.70. The fraction of sp³-hybridized carbons (Fsp3) is 0.526. The number of carbonyl (C=O) groups excluding carboxylic acids is 3. The molecule has 7 nitrogen and oxygen atoms in total. The number of nitrogens with zero attached hydrogens (tertiary/aromatic N) is 1. The van der Waals surface area contributed by atoms with Crippen LogP contribution in [0.5, 0.6) is 5.75 Å². The lowest BCUT2D eigenvalue weighted by Gasteiger charge is -2.25. The topological polar surface area (TPSA) is 89.5 Å². The van der Waals surface area contributed by atoms with E-state index in [4.69, 9.17) is 9.47 Å². The summed E-state index contributed by atoms with van der Waals surface area (Å²) in [6.45, 7) is 5.74. The number of hydrogen-bond donors (Lipinski definition) is 1. The van der Waals surface area contributed by atoms with Gasteiger partial charge in [-0.2, -0.15) is 0 Å². The van der Waals surface area contributed by atoms with Crippen molar-refractivity contribution in [3.63, 3.8) is 0 Å². The van der Waals surface area contributed by atoms with Crippen LogP contribution >= 0.6 is 0 Å². The summed E-state index contributed by atoms with van der Waals surface area (Å²) < 4.78 is 10.4. The molecule has 0 unspecified atom stereocenters. The van der Waals surface area contributed by atoms with Crippen LogP contribution in [0.3, 0.4) is 0 Å². The summed E-state index contributed by atoms with van der Waals surface area (Å²) in [6.07, 6.45) is 0. The normalized spacial score (nSPS) is 30.5. The lowest BCUT2D eigenvalue weighted by Crippen LogP contribution is -2.97. The molecule has 1 aromatic carbocycles. The molecule has 2 fully saturated rings. The molecule has 0 aliphatic carbocycles. The van der Waals surface area contributed by atoms with Crippen LogP contribution in [-0.4, -0.2) is 48.5 Å². The molecule has 4 atom stereocenters. The fourth-order valence-electron chi connectivity index (χ4n) is 4.25. The van der Waals surface area contributed by atoms with Crippen LogP contribution in [-0.2, 0) is 19.1 Å². The lowest BCUT2D eigenvalue weighted by atomic mass is 9.80. The van der Waals surface area contributed by atoms with Crippen LogP contribution in [0.15, 0.2) is 24.3 Å². The smallest absolute Gasteiger partial charge is 0.368 e. The Balaban J connectivity index is 2.04. The monoisotopic (exact) mass is 361 g/mol. The van der Waals surface area contributed by atoms with Gasteiger partial charge in [-0.05, 0) is 38.1 Å². The number of amides is 2. The fourth-order valence-corrected chi connectivity index (χ4v) is 4.25. The van der Waals surface area contributed by atoms with Gasteiger partial charge in [0.25, 0.3) is 0 Å². The molecule has 140 valence electrons. The second-order valence-corrected chi connectivity index (χ2v) is 6.89. The van der Waals surface area contributed by atoms with E-state index in [1.165, 1.54) is 4.90 Å². The van der Waals surface area contributed by atoms with E-state index in [2.05, 4.69) is 0 Å². The number of hydrogen-bond acceptors (Lipinski definition) is 5. The van der Waals surface area contributed by atoms with Gasteiger partial charge in [0.1, 0.15) is 23.6 Å². The number of quaternary nitrogens is 1. The Hall–Kier alpha value is -2.41. The van der Waals surface area contributed by atoms with Gasteiger partial charge in [0.05, 0.1) is 13.7 Å². The molecule has 2 N–H and O–H groups in total. The Kier molecular flexibility index (Phi) is 4.75. The average molecular weight is 361 g/mol. The summed E-state index contributed by atoms with van der Waals surface area (Å²) in [5.74, 6) is -1.55. The standard InChI is InChI=1S/C19H24N2O5/c1-5-21-16(22)13-14(17(21)23)19(3,18(24)26-6-2)20-15(13)11-7-9-12(25-4)10-8-11/h7-10,13-15,20H,5-6H2,1-4H3/p+1/t13-,14-,15-,19+/m0/s1. The molecular formula is C19H25N2O5+. The molecule has 2 amide bonds. The number of likely N-dealkylation sites (tertiary alicyclic amines) is 1. The number of carbonyl (C=O) groups is 3. The van der Waals surface area contributed by atoms with Crippen LogP contribution in [0.4, 0.5) is 0 Å². The molecule has 2 saturated heterocycles. The highest BCUT2D eigenvalue weighted by molar-refractivity contribution is 6.08. The van der Waals surface area contributed by atoms with Gasteiger partial charge in [-0.3, -0.25) is 14.5 Å². The molecule has 2 heterocycles. The van der Waals surface area contributed by atoms with Crippen molar-refractivity contribution in [1.29, 1.82) is 0 Å². The van der Waals surface area contributed by atoms with E-state index in [-0.39, 0.29) is 24.5 Å². The van der Waals surface area contributed by atoms with Crippen molar-refractivity contribution in [2.75, 3.05) is 20.3 Å². The van der Waals surface area contributed by atoms with Crippen molar-refractivity contribution >= 4 is 17.8 Å². The van der Waals surface area contributed by atoms with Gasteiger partial charge in [-0.15, -0.1) is 0 Å². The van der Waals surface area contributed by atoms with Gasteiger partial charge < -0.3 is 14.8 Å².